The second-order valence-corrected chi connectivity index (χ2v) is 4.18. The van der Waals surface area contributed by atoms with E-state index < -0.39 is 11.8 Å². The molecule has 0 bridgehead atoms. The molecule has 6 heteroatoms. The zero-order valence-electron chi connectivity index (χ0n) is 8.70. The molecule has 1 aromatic heterocycles. The van der Waals surface area contributed by atoms with Gasteiger partial charge in [0, 0.05) is 4.47 Å². The number of nitrogens with zero attached hydrogens (tertiary/aromatic N) is 1. The lowest BCUT2D eigenvalue weighted by Crippen LogP contribution is -1.98. The van der Waals surface area contributed by atoms with E-state index in [0.717, 1.165) is 0 Å². The molecule has 0 aliphatic heterocycles. The number of halogens is 2. The van der Waals surface area contributed by atoms with E-state index in [1.807, 2.05) is 0 Å². The van der Waals surface area contributed by atoms with Crippen molar-refractivity contribution in [3.8, 4) is 11.5 Å². The number of aromatic carboxylic acids is 1. The largest absolute Gasteiger partial charge is 0.476 e. The van der Waals surface area contributed by atoms with E-state index in [1.165, 1.54) is 19.1 Å². The Morgan fingerprint density at radius 1 is 1.53 bits per heavy atom. The minimum absolute atomic E-state index is 0.0510. The van der Waals surface area contributed by atoms with Crippen molar-refractivity contribution in [2.45, 2.75) is 6.92 Å². The molecule has 1 heterocycles. The van der Waals surface area contributed by atoms with Crippen LogP contribution in [0.1, 0.15) is 16.2 Å². The maximum Gasteiger partial charge on any atom is 0.358 e. The highest BCUT2D eigenvalue weighted by molar-refractivity contribution is 9.10. The molecule has 0 aliphatic rings. The molecule has 2 rings (SSSR count). The summed E-state index contributed by atoms with van der Waals surface area (Å²) in [5.74, 6) is -1.64. The first-order valence-electron chi connectivity index (χ1n) is 4.66. The van der Waals surface area contributed by atoms with Gasteiger partial charge in [0.1, 0.15) is 11.6 Å². The summed E-state index contributed by atoms with van der Waals surface area (Å²) in [5, 5.41) is 8.84. The lowest BCUT2D eigenvalue weighted by Gasteiger charge is -2.00. The molecule has 2 aromatic rings. The van der Waals surface area contributed by atoms with Gasteiger partial charge in [-0.15, -0.1) is 0 Å². The fraction of sp³-hybridized carbons (Fsp3) is 0.0909. The lowest BCUT2D eigenvalue weighted by molar-refractivity contribution is 0.0689. The number of carbonyl (C=O) groups is 1. The summed E-state index contributed by atoms with van der Waals surface area (Å²) >= 11 is 3.17. The molecule has 0 spiro atoms. The molecule has 0 fully saturated rings. The van der Waals surface area contributed by atoms with Gasteiger partial charge in [0.25, 0.3) is 0 Å². The molecule has 88 valence electrons. The molecule has 0 saturated heterocycles. The molecule has 0 saturated carbocycles. The number of carboxylic acid groups (broad SMARTS) is 1. The molecule has 4 nitrogen and oxygen atoms in total. The Bertz CT molecular complexity index is 574. The third-order valence-corrected chi connectivity index (χ3v) is 2.84. The number of hydrogen-bond acceptors (Lipinski definition) is 3. The summed E-state index contributed by atoms with van der Waals surface area (Å²) in [6.07, 6.45) is 0. The molecule has 0 amide bonds. The summed E-state index contributed by atoms with van der Waals surface area (Å²) in [5.41, 5.74) is -0.0988. The maximum absolute atomic E-state index is 13.6. The van der Waals surface area contributed by atoms with E-state index in [4.69, 9.17) is 9.52 Å². The quantitative estimate of drug-likeness (QED) is 0.924. The second kappa shape index (κ2) is 4.29. The number of benzene rings is 1. The monoisotopic (exact) mass is 299 g/mol. The predicted octanol–water partition coefficient (Wildman–Crippen LogP) is 3.25. The van der Waals surface area contributed by atoms with Gasteiger partial charge in [-0.2, -0.15) is 0 Å². The van der Waals surface area contributed by atoms with E-state index >= 15 is 0 Å². The highest BCUT2D eigenvalue weighted by Crippen LogP contribution is 2.31. The summed E-state index contributed by atoms with van der Waals surface area (Å²) in [6.45, 7) is 1.47. The third-order valence-electron chi connectivity index (χ3n) is 2.18. The van der Waals surface area contributed by atoms with Gasteiger partial charge in [-0.05, 0) is 35.0 Å². The highest BCUT2D eigenvalue weighted by atomic mass is 79.9. The van der Waals surface area contributed by atoms with E-state index in [1.54, 1.807) is 6.07 Å². The van der Waals surface area contributed by atoms with Gasteiger partial charge >= 0.3 is 5.97 Å². The van der Waals surface area contributed by atoms with E-state index in [-0.39, 0.29) is 22.9 Å². The fourth-order valence-corrected chi connectivity index (χ4v) is 1.92. The van der Waals surface area contributed by atoms with Crippen LogP contribution in [0.3, 0.4) is 0 Å². The van der Waals surface area contributed by atoms with Crippen molar-refractivity contribution in [1.29, 1.82) is 0 Å². The van der Waals surface area contributed by atoms with Crippen LogP contribution in [0.4, 0.5) is 4.39 Å². The lowest BCUT2D eigenvalue weighted by atomic mass is 10.2. The zero-order chi connectivity index (χ0) is 12.6. The van der Waals surface area contributed by atoms with Crippen LogP contribution in [0.25, 0.3) is 11.5 Å². The van der Waals surface area contributed by atoms with Crippen molar-refractivity contribution in [2.75, 3.05) is 0 Å². The topological polar surface area (TPSA) is 63.3 Å². The standard InChI is InChI=1S/C11H7BrFNO3/c1-5-9(11(15)16)14-10(17-5)8-6(12)3-2-4-7(8)13/h2-4H,1H3,(H,15,16). The van der Waals surface area contributed by atoms with Gasteiger partial charge in [0.2, 0.25) is 5.89 Å². The molecule has 0 aliphatic carbocycles. The van der Waals surface area contributed by atoms with Crippen molar-refractivity contribution in [3.05, 3.63) is 39.9 Å². The number of rotatable bonds is 2. The Labute approximate surface area is 104 Å². The van der Waals surface area contributed by atoms with Gasteiger partial charge < -0.3 is 9.52 Å². The van der Waals surface area contributed by atoms with Crippen LogP contribution in [-0.4, -0.2) is 16.1 Å². The van der Waals surface area contributed by atoms with Crippen molar-refractivity contribution in [3.63, 3.8) is 0 Å². The van der Waals surface area contributed by atoms with Crippen LogP contribution in [0, 0.1) is 12.7 Å². The highest BCUT2D eigenvalue weighted by Gasteiger charge is 2.20. The van der Waals surface area contributed by atoms with Gasteiger partial charge in [-0.3, -0.25) is 0 Å². The van der Waals surface area contributed by atoms with Gasteiger partial charge in [0.15, 0.2) is 5.69 Å². The normalized spacial score (nSPS) is 10.5. The van der Waals surface area contributed by atoms with Gasteiger partial charge in [-0.1, -0.05) is 6.07 Å². The molecule has 0 atom stereocenters. The number of oxazole rings is 1. The molecule has 0 radical (unpaired) electrons. The van der Waals surface area contributed by atoms with E-state index in [0.29, 0.717) is 4.47 Å². The molecular weight excluding hydrogens is 293 g/mol. The number of aryl methyl sites for hydroxylation is 1. The Balaban J connectivity index is 2.62. The van der Waals surface area contributed by atoms with Gasteiger partial charge in [0.05, 0.1) is 5.56 Å². The molecule has 17 heavy (non-hydrogen) atoms. The SMILES string of the molecule is Cc1oc(-c2c(F)cccc2Br)nc1C(=O)O. The second-order valence-electron chi connectivity index (χ2n) is 3.33. The Morgan fingerprint density at radius 2 is 2.24 bits per heavy atom. The first kappa shape index (κ1) is 11.8. The van der Waals surface area contributed by atoms with Crippen LogP contribution in [0.15, 0.2) is 27.1 Å². The van der Waals surface area contributed by atoms with Crippen molar-refractivity contribution >= 4 is 21.9 Å². The minimum Gasteiger partial charge on any atom is -0.476 e. The third kappa shape index (κ3) is 2.08. The summed E-state index contributed by atoms with van der Waals surface area (Å²) in [6, 6.07) is 4.40. The van der Waals surface area contributed by atoms with E-state index in [9.17, 15) is 9.18 Å². The Morgan fingerprint density at radius 3 is 2.76 bits per heavy atom. The first-order chi connectivity index (χ1) is 8.00. The summed E-state index contributed by atoms with van der Waals surface area (Å²) in [7, 11) is 0. The molecule has 1 N–H and O–H groups in total. The smallest absolute Gasteiger partial charge is 0.358 e. The number of carboxylic acids is 1. The fourth-order valence-electron chi connectivity index (χ4n) is 1.40. The van der Waals surface area contributed by atoms with Crippen LogP contribution in [-0.2, 0) is 0 Å². The first-order valence-corrected chi connectivity index (χ1v) is 5.45. The Hall–Kier alpha value is -1.69. The minimum atomic E-state index is -1.20. The summed E-state index contributed by atoms with van der Waals surface area (Å²) in [4.78, 5) is 14.6. The Kier molecular flexibility index (Phi) is 2.97. The number of hydrogen-bond donors (Lipinski definition) is 1. The average molecular weight is 300 g/mol. The molecule has 1 aromatic carbocycles. The van der Waals surface area contributed by atoms with Crippen molar-refractivity contribution in [1.82, 2.24) is 4.98 Å². The van der Waals surface area contributed by atoms with Crippen molar-refractivity contribution < 1.29 is 18.7 Å². The molecule has 0 unspecified atom stereocenters. The van der Waals surface area contributed by atoms with Crippen LogP contribution in [0.5, 0.6) is 0 Å². The van der Waals surface area contributed by atoms with Crippen LogP contribution in [0.2, 0.25) is 0 Å². The molecular formula is C11H7BrFNO3. The van der Waals surface area contributed by atoms with Crippen molar-refractivity contribution in [2.24, 2.45) is 0 Å². The average Bonchev–Trinajstić information content (AvgIpc) is 2.60. The number of aromatic nitrogens is 1. The van der Waals surface area contributed by atoms with Gasteiger partial charge in [-0.25, -0.2) is 14.2 Å². The maximum atomic E-state index is 13.6. The summed E-state index contributed by atoms with van der Waals surface area (Å²) < 4.78 is 19.2. The predicted molar refractivity (Wildman–Crippen MR) is 61.3 cm³/mol. The van der Waals surface area contributed by atoms with E-state index in [2.05, 4.69) is 20.9 Å². The van der Waals surface area contributed by atoms with Crippen LogP contribution < -0.4 is 0 Å². The van der Waals surface area contributed by atoms with Crippen LogP contribution >= 0.6 is 15.9 Å². The zero-order valence-corrected chi connectivity index (χ0v) is 10.3.